The van der Waals surface area contributed by atoms with Crippen LogP contribution in [0.3, 0.4) is 0 Å². The molecule has 4 heteroatoms. The molecule has 2 aromatic rings. The largest absolute Gasteiger partial charge is 0.399 e. The highest BCUT2D eigenvalue weighted by Crippen LogP contribution is 2.31. The summed E-state index contributed by atoms with van der Waals surface area (Å²) in [6.07, 6.45) is 0. The molecule has 0 aliphatic rings. The van der Waals surface area contributed by atoms with E-state index in [0.717, 1.165) is 21.0 Å². The molecule has 0 unspecified atom stereocenters. The van der Waals surface area contributed by atoms with Gasteiger partial charge in [-0.3, -0.25) is 0 Å². The van der Waals surface area contributed by atoms with E-state index in [9.17, 15) is 5.11 Å². The molecule has 0 aliphatic carbocycles. The van der Waals surface area contributed by atoms with Gasteiger partial charge in [0.15, 0.2) is 0 Å². The number of hydrogen-bond donors (Lipinski definition) is 2. The molecule has 3 N–H and O–H groups in total. The van der Waals surface area contributed by atoms with Gasteiger partial charge in [0.1, 0.15) is 0 Å². The molecule has 1 aromatic carbocycles. The van der Waals surface area contributed by atoms with Gasteiger partial charge in [-0.25, -0.2) is 0 Å². The Kier molecular flexibility index (Phi) is 2.76. The van der Waals surface area contributed by atoms with Gasteiger partial charge in [-0.15, -0.1) is 11.3 Å². The highest BCUT2D eigenvalue weighted by atomic mass is 79.9. The van der Waals surface area contributed by atoms with Gasteiger partial charge in [-0.2, -0.15) is 0 Å². The van der Waals surface area contributed by atoms with Gasteiger partial charge in [0.05, 0.1) is 6.61 Å². The Labute approximate surface area is 94.5 Å². The number of alkyl halides is 1. The summed E-state index contributed by atoms with van der Waals surface area (Å²) in [7, 11) is 0. The molecule has 0 bridgehead atoms. The van der Waals surface area contributed by atoms with Gasteiger partial charge >= 0.3 is 0 Å². The number of aliphatic hydroxyl groups is 1. The number of anilines is 1. The second kappa shape index (κ2) is 3.88. The van der Waals surface area contributed by atoms with Crippen LogP contribution in [0.2, 0.25) is 0 Å². The Morgan fingerprint density at radius 2 is 2.14 bits per heavy atom. The monoisotopic (exact) mass is 271 g/mol. The van der Waals surface area contributed by atoms with Gasteiger partial charge in [0.25, 0.3) is 0 Å². The minimum absolute atomic E-state index is 0.0417. The van der Waals surface area contributed by atoms with Crippen LogP contribution in [-0.4, -0.2) is 5.11 Å². The zero-order valence-electron chi connectivity index (χ0n) is 7.46. The molecule has 0 amide bonds. The molecular weight excluding hydrogens is 262 g/mol. The van der Waals surface area contributed by atoms with Crippen LogP contribution in [0.15, 0.2) is 18.2 Å². The van der Waals surface area contributed by atoms with Crippen LogP contribution in [0, 0.1) is 0 Å². The van der Waals surface area contributed by atoms with E-state index < -0.39 is 0 Å². The zero-order valence-corrected chi connectivity index (χ0v) is 9.86. The first-order valence-electron chi connectivity index (χ1n) is 4.22. The molecule has 14 heavy (non-hydrogen) atoms. The molecule has 0 aliphatic heterocycles. The lowest BCUT2D eigenvalue weighted by atomic mass is 10.1. The summed E-state index contributed by atoms with van der Waals surface area (Å²) >= 11 is 5.12. The number of rotatable bonds is 2. The molecule has 74 valence electrons. The summed E-state index contributed by atoms with van der Waals surface area (Å²) in [5.74, 6) is 0. The van der Waals surface area contributed by atoms with Crippen molar-refractivity contribution < 1.29 is 5.11 Å². The van der Waals surface area contributed by atoms with Crippen LogP contribution in [0.4, 0.5) is 5.69 Å². The Hall–Kier alpha value is -0.580. The Morgan fingerprint density at radius 3 is 2.79 bits per heavy atom. The number of thiophene rings is 1. The van der Waals surface area contributed by atoms with Gasteiger partial charge < -0.3 is 10.8 Å². The van der Waals surface area contributed by atoms with Crippen molar-refractivity contribution in [3.8, 4) is 0 Å². The Morgan fingerprint density at radius 1 is 1.36 bits per heavy atom. The highest BCUT2D eigenvalue weighted by Gasteiger charge is 2.06. The molecule has 0 fully saturated rings. The van der Waals surface area contributed by atoms with Crippen molar-refractivity contribution in [2.75, 3.05) is 5.73 Å². The van der Waals surface area contributed by atoms with Crippen LogP contribution in [0.5, 0.6) is 0 Å². The Bertz CT molecular complexity index is 466. The summed E-state index contributed by atoms with van der Waals surface area (Å²) in [5, 5.41) is 11.1. The molecule has 0 radical (unpaired) electrons. The van der Waals surface area contributed by atoms with Crippen LogP contribution in [0.25, 0.3) is 10.1 Å². The van der Waals surface area contributed by atoms with E-state index in [1.165, 1.54) is 4.88 Å². The quantitative estimate of drug-likeness (QED) is 0.652. The maximum Gasteiger partial charge on any atom is 0.0688 e. The number of benzene rings is 1. The molecular formula is C10H10BrNOS. The minimum Gasteiger partial charge on any atom is -0.399 e. The van der Waals surface area contributed by atoms with Gasteiger partial charge in [-0.1, -0.05) is 15.9 Å². The number of hydrogen-bond acceptors (Lipinski definition) is 3. The van der Waals surface area contributed by atoms with E-state index >= 15 is 0 Å². The van der Waals surface area contributed by atoms with Crippen LogP contribution in [-0.2, 0) is 11.9 Å². The van der Waals surface area contributed by atoms with Gasteiger partial charge in [0.2, 0.25) is 0 Å². The predicted octanol–water partition coefficient (Wildman–Crippen LogP) is 2.87. The summed E-state index contributed by atoms with van der Waals surface area (Å²) in [4.78, 5) is 1.25. The van der Waals surface area contributed by atoms with Crippen LogP contribution >= 0.6 is 27.3 Å². The van der Waals surface area contributed by atoms with Crippen molar-refractivity contribution in [3.63, 3.8) is 0 Å². The topological polar surface area (TPSA) is 46.2 Å². The molecule has 1 aromatic heterocycles. The number of fused-ring (bicyclic) bond motifs is 1. The van der Waals surface area contributed by atoms with Gasteiger partial charge in [-0.05, 0) is 29.1 Å². The highest BCUT2D eigenvalue weighted by molar-refractivity contribution is 9.08. The lowest BCUT2D eigenvalue weighted by Crippen LogP contribution is -1.89. The lowest BCUT2D eigenvalue weighted by molar-refractivity contribution is 0.283. The van der Waals surface area contributed by atoms with Crippen molar-refractivity contribution in [1.29, 1.82) is 0 Å². The van der Waals surface area contributed by atoms with E-state index in [2.05, 4.69) is 22.0 Å². The molecule has 2 rings (SSSR count). The number of halogens is 1. The first-order valence-corrected chi connectivity index (χ1v) is 6.16. The molecule has 2 nitrogen and oxygen atoms in total. The summed E-state index contributed by atoms with van der Waals surface area (Å²) in [5.41, 5.74) is 7.35. The average molecular weight is 272 g/mol. The van der Waals surface area contributed by atoms with E-state index in [1.54, 1.807) is 11.3 Å². The fourth-order valence-corrected chi connectivity index (χ4v) is 3.00. The van der Waals surface area contributed by atoms with E-state index in [4.69, 9.17) is 5.73 Å². The number of nitrogen functional groups attached to an aromatic ring is 1. The lowest BCUT2D eigenvalue weighted by Gasteiger charge is -2.00. The summed E-state index contributed by atoms with van der Waals surface area (Å²) in [6.45, 7) is 0.0417. The van der Waals surface area contributed by atoms with Crippen molar-refractivity contribution in [2.24, 2.45) is 0 Å². The smallest absolute Gasteiger partial charge is 0.0688 e. The fourth-order valence-electron chi connectivity index (χ4n) is 1.48. The first kappa shape index (κ1) is 9.96. The van der Waals surface area contributed by atoms with Crippen molar-refractivity contribution in [1.82, 2.24) is 0 Å². The molecule has 0 saturated heterocycles. The fraction of sp³-hybridized carbons (Fsp3) is 0.200. The molecule has 0 atom stereocenters. The van der Waals surface area contributed by atoms with Crippen molar-refractivity contribution in [2.45, 2.75) is 11.9 Å². The molecule has 1 heterocycles. The first-order chi connectivity index (χ1) is 6.74. The summed E-state index contributed by atoms with van der Waals surface area (Å²) in [6, 6.07) is 5.87. The standard InChI is InChI=1S/C10H10BrNOS/c11-4-8-3-9-6(5-13)1-7(12)2-10(9)14-8/h1-3,13H,4-5,12H2. The van der Waals surface area contributed by atoms with Crippen LogP contribution in [0.1, 0.15) is 10.4 Å². The third-order valence-corrected chi connectivity index (χ3v) is 4.16. The second-order valence-electron chi connectivity index (χ2n) is 3.10. The average Bonchev–Trinajstić information content (AvgIpc) is 2.59. The minimum atomic E-state index is 0.0417. The van der Waals surface area contributed by atoms with E-state index in [1.807, 2.05) is 12.1 Å². The summed E-state index contributed by atoms with van der Waals surface area (Å²) < 4.78 is 1.14. The normalized spacial score (nSPS) is 11.0. The Balaban J connectivity index is 2.71. The SMILES string of the molecule is Nc1cc(CO)c2cc(CBr)sc2c1. The predicted molar refractivity (Wildman–Crippen MR) is 64.8 cm³/mol. The van der Waals surface area contributed by atoms with Crippen molar-refractivity contribution >= 4 is 43.0 Å². The maximum atomic E-state index is 9.18. The molecule has 0 saturated carbocycles. The maximum absolute atomic E-state index is 9.18. The molecule has 0 spiro atoms. The van der Waals surface area contributed by atoms with E-state index in [0.29, 0.717) is 5.69 Å². The third kappa shape index (κ3) is 1.65. The van der Waals surface area contributed by atoms with Crippen LogP contribution < -0.4 is 5.73 Å². The second-order valence-corrected chi connectivity index (χ2v) is 4.83. The van der Waals surface area contributed by atoms with Gasteiger partial charge in [0, 0.05) is 20.6 Å². The zero-order chi connectivity index (χ0) is 10.1. The number of aliphatic hydroxyl groups excluding tert-OH is 1. The number of nitrogens with two attached hydrogens (primary N) is 1. The van der Waals surface area contributed by atoms with E-state index in [-0.39, 0.29) is 6.61 Å². The van der Waals surface area contributed by atoms with Crippen molar-refractivity contribution in [3.05, 3.63) is 28.6 Å². The third-order valence-electron chi connectivity index (χ3n) is 2.10.